The second-order valence-electron chi connectivity index (χ2n) is 1.82. The monoisotopic (exact) mass is 161 g/mol. The second kappa shape index (κ2) is 5.84. The van der Waals surface area contributed by atoms with E-state index in [0.717, 1.165) is 6.08 Å². The molecule has 0 aromatic heterocycles. The molecule has 5 heteroatoms. The summed E-state index contributed by atoms with van der Waals surface area (Å²) in [5.41, 5.74) is 1.97. The van der Waals surface area contributed by atoms with E-state index in [9.17, 15) is 4.79 Å². The van der Waals surface area contributed by atoms with Crippen molar-refractivity contribution < 1.29 is 19.8 Å². The van der Waals surface area contributed by atoms with Crippen LogP contribution in [0.5, 0.6) is 0 Å². The third-order valence-corrected chi connectivity index (χ3v) is 0.845. The van der Waals surface area contributed by atoms with Gasteiger partial charge in [0.2, 0.25) is 0 Å². The van der Waals surface area contributed by atoms with Crippen molar-refractivity contribution in [2.75, 3.05) is 13.2 Å². The zero-order valence-corrected chi connectivity index (χ0v) is 5.99. The van der Waals surface area contributed by atoms with Crippen LogP contribution in [0, 0.1) is 0 Å². The SMILES string of the molecule is C=CC(=O)NOCC(O)CO. The third-order valence-electron chi connectivity index (χ3n) is 0.845. The van der Waals surface area contributed by atoms with Crippen molar-refractivity contribution in [2.45, 2.75) is 6.10 Å². The van der Waals surface area contributed by atoms with Gasteiger partial charge in [0.1, 0.15) is 12.7 Å². The number of carbonyl (C=O) groups is 1. The van der Waals surface area contributed by atoms with Crippen molar-refractivity contribution in [3.05, 3.63) is 12.7 Å². The highest BCUT2D eigenvalue weighted by Gasteiger charge is 2.01. The Bertz CT molecular complexity index is 137. The fourth-order valence-electron chi connectivity index (χ4n) is 0.303. The van der Waals surface area contributed by atoms with E-state index < -0.39 is 18.6 Å². The summed E-state index contributed by atoms with van der Waals surface area (Å²) in [4.78, 5) is 14.8. The number of hydrogen-bond donors (Lipinski definition) is 3. The van der Waals surface area contributed by atoms with Crippen LogP contribution in [0.1, 0.15) is 0 Å². The second-order valence-corrected chi connectivity index (χ2v) is 1.82. The molecule has 0 aromatic carbocycles. The van der Waals surface area contributed by atoms with Crippen LogP contribution in [0.15, 0.2) is 12.7 Å². The van der Waals surface area contributed by atoms with Crippen LogP contribution in [0.3, 0.4) is 0 Å². The number of carbonyl (C=O) groups excluding carboxylic acids is 1. The molecule has 3 N–H and O–H groups in total. The largest absolute Gasteiger partial charge is 0.394 e. The van der Waals surface area contributed by atoms with Gasteiger partial charge in [-0.1, -0.05) is 6.58 Å². The number of hydroxylamine groups is 1. The van der Waals surface area contributed by atoms with E-state index in [2.05, 4.69) is 11.4 Å². The summed E-state index contributed by atoms with van der Waals surface area (Å²) in [6.07, 6.45) is 0.0609. The van der Waals surface area contributed by atoms with Gasteiger partial charge in [-0.3, -0.25) is 9.63 Å². The predicted octanol–water partition coefficient (Wildman–Crippen LogP) is -1.43. The van der Waals surface area contributed by atoms with Crippen molar-refractivity contribution in [3.63, 3.8) is 0 Å². The first-order valence-electron chi connectivity index (χ1n) is 3.03. The van der Waals surface area contributed by atoms with E-state index in [4.69, 9.17) is 10.2 Å². The van der Waals surface area contributed by atoms with Gasteiger partial charge >= 0.3 is 0 Å². The van der Waals surface area contributed by atoms with Gasteiger partial charge in [-0.25, -0.2) is 5.48 Å². The van der Waals surface area contributed by atoms with E-state index in [-0.39, 0.29) is 6.61 Å². The van der Waals surface area contributed by atoms with Gasteiger partial charge in [0.05, 0.1) is 6.61 Å². The Balaban J connectivity index is 3.26. The van der Waals surface area contributed by atoms with Gasteiger partial charge in [-0.05, 0) is 6.08 Å². The quantitative estimate of drug-likeness (QED) is 0.341. The number of amides is 1. The molecule has 0 aromatic rings. The fraction of sp³-hybridized carbons (Fsp3) is 0.500. The molecule has 1 amide bonds. The number of nitrogens with one attached hydrogen (secondary N) is 1. The summed E-state index contributed by atoms with van der Waals surface area (Å²) in [7, 11) is 0. The maximum absolute atomic E-state index is 10.4. The molecule has 11 heavy (non-hydrogen) atoms. The van der Waals surface area contributed by atoms with E-state index in [1.165, 1.54) is 0 Å². The number of hydrogen-bond acceptors (Lipinski definition) is 4. The van der Waals surface area contributed by atoms with Crippen LogP contribution < -0.4 is 5.48 Å². The summed E-state index contributed by atoms with van der Waals surface area (Å²) in [6.45, 7) is 2.63. The summed E-state index contributed by atoms with van der Waals surface area (Å²) in [6, 6.07) is 0. The van der Waals surface area contributed by atoms with Crippen LogP contribution in [-0.2, 0) is 9.63 Å². The lowest BCUT2D eigenvalue weighted by Crippen LogP contribution is -2.28. The summed E-state index contributed by atoms with van der Waals surface area (Å²) in [5, 5.41) is 17.0. The summed E-state index contributed by atoms with van der Waals surface area (Å²) >= 11 is 0. The van der Waals surface area contributed by atoms with Gasteiger partial charge in [0.15, 0.2) is 0 Å². The number of aliphatic hydroxyl groups is 2. The molecule has 1 unspecified atom stereocenters. The van der Waals surface area contributed by atoms with Gasteiger partial charge in [-0.2, -0.15) is 0 Å². The molecule has 1 atom stereocenters. The van der Waals surface area contributed by atoms with Crippen LogP contribution in [0.4, 0.5) is 0 Å². The van der Waals surface area contributed by atoms with Crippen molar-refractivity contribution in [3.8, 4) is 0 Å². The molecule has 0 heterocycles. The smallest absolute Gasteiger partial charge is 0.266 e. The molecule has 0 saturated heterocycles. The lowest BCUT2D eigenvalue weighted by molar-refractivity contribution is -0.131. The molecule has 0 aliphatic carbocycles. The first-order chi connectivity index (χ1) is 5.20. The van der Waals surface area contributed by atoms with Crippen molar-refractivity contribution >= 4 is 5.91 Å². The van der Waals surface area contributed by atoms with Gasteiger partial charge in [-0.15, -0.1) is 0 Å². The molecule has 0 rings (SSSR count). The van der Waals surface area contributed by atoms with E-state index >= 15 is 0 Å². The highest BCUT2D eigenvalue weighted by atomic mass is 16.7. The molecule has 0 aliphatic heterocycles. The standard InChI is InChI=1S/C6H11NO4/c1-2-6(10)7-11-4-5(9)3-8/h2,5,8-9H,1,3-4H2,(H,7,10). The Morgan fingerprint density at radius 1 is 1.82 bits per heavy atom. The molecular formula is C6H11NO4. The van der Waals surface area contributed by atoms with Crippen LogP contribution in [0.2, 0.25) is 0 Å². The normalized spacial score (nSPS) is 12.2. The number of aliphatic hydroxyl groups excluding tert-OH is 2. The maximum atomic E-state index is 10.4. The average Bonchev–Trinajstić information content (AvgIpc) is 2.04. The minimum atomic E-state index is -0.972. The molecule has 5 nitrogen and oxygen atoms in total. The van der Waals surface area contributed by atoms with E-state index in [1.54, 1.807) is 0 Å². The van der Waals surface area contributed by atoms with Crippen LogP contribution >= 0.6 is 0 Å². The Kier molecular flexibility index (Phi) is 5.36. The third kappa shape index (κ3) is 5.53. The average molecular weight is 161 g/mol. The predicted molar refractivity (Wildman–Crippen MR) is 37.4 cm³/mol. The van der Waals surface area contributed by atoms with Crippen molar-refractivity contribution in [2.24, 2.45) is 0 Å². The Labute approximate surface area is 64.2 Å². The zero-order chi connectivity index (χ0) is 8.69. The molecule has 0 radical (unpaired) electrons. The first-order valence-corrected chi connectivity index (χ1v) is 3.03. The molecule has 0 bridgehead atoms. The maximum Gasteiger partial charge on any atom is 0.266 e. The molecule has 0 saturated carbocycles. The molecule has 0 aliphatic rings. The summed E-state index contributed by atoms with van der Waals surface area (Å²) < 4.78 is 0. The first kappa shape index (κ1) is 10.1. The highest BCUT2D eigenvalue weighted by molar-refractivity contribution is 5.85. The molecule has 0 spiro atoms. The van der Waals surface area contributed by atoms with E-state index in [0.29, 0.717) is 0 Å². The fourth-order valence-corrected chi connectivity index (χ4v) is 0.303. The lowest BCUT2D eigenvalue weighted by atomic mass is 10.4. The van der Waals surface area contributed by atoms with Gasteiger partial charge < -0.3 is 10.2 Å². The summed E-state index contributed by atoms with van der Waals surface area (Å²) in [5.74, 6) is -0.491. The minimum Gasteiger partial charge on any atom is -0.394 e. The lowest BCUT2D eigenvalue weighted by Gasteiger charge is -2.06. The van der Waals surface area contributed by atoms with Crippen LogP contribution in [-0.4, -0.2) is 35.4 Å². The highest BCUT2D eigenvalue weighted by Crippen LogP contribution is 1.80. The topological polar surface area (TPSA) is 78.8 Å². The van der Waals surface area contributed by atoms with Gasteiger partial charge in [0, 0.05) is 0 Å². The molecule has 64 valence electrons. The van der Waals surface area contributed by atoms with Gasteiger partial charge in [0.25, 0.3) is 5.91 Å². The van der Waals surface area contributed by atoms with E-state index in [1.807, 2.05) is 5.48 Å². The van der Waals surface area contributed by atoms with Crippen LogP contribution in [0.25, 0.3) is 0 Å². The van der Waals surface area contributed by atoms with Crippen molar-refractivity contribution in [1.29, 1.82) is 0 Å². The van der Waals surface area contributed by atoms with Crippen molar-refractivity contribution in [1.82, 2.24) is 5.48 Å². The molecular weight excluding hydrogens is 150 g/mol. The Hall–Kier alpha value is -0.910. The minimum absolute atomic E-state index is 0.143. The molecule has 0 fully saturated rings. The number of rotatable bonds is 5. The Morgan fingerprint density at radius 2 is 2.45 bits per heavy atom. The zero-order valence-electron chi connectivity index (χ0n) is 5.99. The Morgan fingerprint density at radius 3 is 2.91 bits per heavy atom.